The van der Waals surface area contributed by atoms with E-state index in [4.69, 9.17) is 14.2 Å². The Morgan fingerprint density at radius 1 is 1.19 bits per heavy atom. The largest absolute Gasteiger partial charge is 0.486 e. The van der Waals surface area contributed by atoms with Crippen molar-refractivity contribution in [3.8, 4) is 17.2 Å². The summed E-state index contributed by atoms with van der Waals surface area (Å²) in [5, 5.41) is 0. The maximum absolute atomic E-state index is 5.86. The molecule has 0 fully saturated rings. The van der Waals surface area contributed by atoms with E-state index in [0.717, 1.165) is 23.7 Å². The summed E-state index contributed by atoms with van der Waals surface area (Å²) in [7, 11) is 0. The molecule has 1 aliphatic carbocycles. The molecule has 0 aromatic heterocycles. The van der Waals surface area contributed by atoms with E-state index >= 15 is 0 Å². The number of benzene rings is 1. The SMILES string of the molecule is C1=C[C@H](Oc2ccc3c(c2)OCO3)CCC1. The molecule has 0 unspecified atom stereocenters. The Kier molecular flexibility index (Phi) is 2.44. The third-order valence-electron chi connectivity index (χ3n) is 2.84. The minimum Gasteiger partial charge on any atom is -0.486 e. The van der Waals surface area contributed by atoms with E-state index in [1.54, 1.807) is 0 Å². The Morgan fingerprint density at radius 3 is 3.00 bits per heavy atom. The van der Waals surface area contributed by atoms with Gasteiger partial charge < -0.3 is 14.2 Å². The molecule has 1 heterocycles. The van der Waals surface area contributed by atoms with Crippen LogP contribution < -0.4 is 14.2 Å². The van der Waals surface area contributed by atoms with Crippen LogP contribution in [0.4, 0.5) is 0 Å². The fourth-order valence-electron chi connectivity index (χ4n) is 2.00. The highest BCUT2D eigenvalue weighted by molar-refractivity contribution is 5.47. The fraction of sp³-hybridized carbons (Fsp3) is 0.385. The summed E-state index contributed by atoms with van der Waals surface area (Å²) in [6, 6.07) is 5.71. The molecule has 0 N–H and O–H groups in total. The van der Waals surface area contributed by atoms with Crippen molar-refractivity contribution in [3.05, 3.63) is 30.4 Å². The van der Waals surface area contributed by atoms with Gasteiger partial charge in [0.05, 0.1) is 0 Å². The second-order valence-corrected chi connectivity index (χ2v) is 4.03. The second kappa shape index (κ2) is 4.08. The van der Waals surface area contributed by atoms with Crippen LogP contribution >= 0.6 is 0 Å². The van der Waals surface area contributed by atoms with E-state index in [2.05, 4.69) is 12.2 Å². The lowest BCUT2D eigenvalue weighted by Crippen LogP contribution is -2.15. The van der Waals surface area contributed by atoms with Gasteiger partial charge in [-0.05, 0) is 37.5 Å². The van der Waals surface area contributed by atoms with E-state index in [1.165, 1.54) is 12.8 Å². The molecule has 0 spiro atoms. The summed E-state index contributed by atoms with van der Waals surface area (Å²) >= 11 is 0. The number of hydrogen-bond donors (Lipinski definition) is 0. The quantitative estimate of drug-likeness (QED) is 0.714. The summed E-state index contributed by atoms with van der Waals surface area (Å²) in [5.41, 5.74) is 0. The molecule has 0 radical (unpaired) electrons. The van der Waals surface area contributed by atoms with Gasteiger partial charge in [-0.25, -0.2) is 0 Å². The number of hydrogen-bond acceptors (Lipinski definition) is 3. The third-order valence-corrected chi connectivity index (χ3v) is 2.84. The third kappa shape index (κ3) is 1.85. The molecule has 3 rings (SSSR count). The first-order valence-corrected chi connectivity index (χ1v) is 5.65. The van der Waals surface area contributed by atoms with E-state index in [-0.39, 0.29) is 6.10 Å². The monoisotopic (exact) mass is 218 g/mol. The highest BCUT2D eigenvalue weighted by Crippen LogP contribution is 2.35. The van der Waals surface area contributed by atoms with Crippen molar-refractivity contribution in [2.75, 3.05) is 6.79 Å². The smallest absolute Gasteiger partial charge is 0.231 e. The first kappa shape index (κ1) is 9.58. The molecular weight excluding hydrogens is 204 g/mol. The van der Waals surface area contributed by atoms with Gasteiger partial charge in [0.1, 0.15) is 11.9 Å². The second-order valence-electron chi connectivity index (χ2n) is 4.03. The fourth-order valence-corrected chi connectivity index (χ4v) is 2.00. The predicted molar refractivity (Wildman–Crippen MR) is 60.0 cm³/mol. The van der Waals surface area contributed by atoms with Crippen molar-refractivity contribution in [2.24, 2.45) is 0 Å². The maximum Gasteiger partial charge on any atom is 0.231 e. The van der Waals surface area contributed by atoms with Crippen LogP contribution in [0.5, 0.6) is 17.2 Å². The normalized spacial score (nSPS) is 22.1. The Morgan fingerprint density at radius 2 is 2.12 bits per heavy atom. The zero-order chi connectivity index (χ0) is 10.8. The van der Waals surface area contributed by atoms with Gasteiger partial charge in [0, 0.05) is 6.07 Å². The molecular formula is C13H14O3. The lowest BCUT2D eigenvalue weighted by Gasteiger charge is -2.18. The van der Waals surface area contributed by atoms with Gasteiger partial charge in [0.25, 0.3) is 0 Å². The number of ether oxygens (including phenoxy) is 3. The maximum atomic E-state index is 5.86. The van der Waals surface area contributed by atoms with Crippen molar-refractivity contribution in [2.45, 2.75) is 25.4 Å². The standard InChI is InChI=1S/C13H14O3/c1-2-4-10(5-3-1)16-11-6-7-12-13(8-11)15-9-14-12/h2,4,6-8,10H,1,3,5,9H2/t10-/m0/s1. The van der Waals surface area contributed by atoms with Crippen LogP contribution in [-0.2, 0) is 0 Å². The van der Waals surface area contributed by atoms with Gasteiger partial charge in [0.15, 0.2) is 11.5 Å². The van der Waals surface area contributed by atoms with Crippen molar-refractivity contribution in [1.29, 1.82) is 0 Å². The molecule has 3 nitrogen and oxygen atoms in total. The van der Waals surface area contributed by atoms with E-state index in [9.17, 15) is 0 Å². The average Bonchev–Trinajstić information content (AvgIpc) is 2.77. The summed E-state index contributed by atoms with van der Waals surface area (Å²) in [6.45, 7) is 0.308. The van der Waals surface area contributed by atoms with Gasteiger partial charge in [-0.1, -0.05) is 6.08 Å². The molecule has 84 valence electrons. The molecule has 1 aliphatic heterocycles. The minimum atomic E-state index is 0.203. The molecule has 1 aromatic carbocycles. The topological polar surface area (TPSA) is 27.7 Å². The first-order chi connectivity index (χ1) is 7.92. The molecule has 0 saturated heterocycles. The first-order valence-electron chi connectivity index (χ1n) is 5.65. The van der Waals surface area contributed by atoms with Crippen LogP contribution in [0.15, 0.2) is 30.4 Å². The minimum absolute atomic E-state index is 0.203. The van der Waals surface area contributed by atoms with Crippen LogP contribution in [-0.4, -0.2) is 12.9 Å². The van der Waals surface area contributed by atoms with E-state index < -0.39 is 0 Å². The Labute approximate surface area is 94.6 Å². The highest BCUT2D eigenvalue weighted by Gasteiger charge is 2.15. The van der Waals surface area contributed by atoms with Gasteiger partial charge in [-0.3, -0.25) is 0 Å². The molecule has 0 saturated carbocycles. The Bertz CT molecular complexity index is 412. The van der Waals surface area contributed by atoms with E-state index in [0.29, 0.717) is 6.79 Å². The zero-order valence-electron chi connectivity index (χ0n) is 9.02. The average molecular weight is 218 g/mol. The molecule has 16 heavy (non-hydrogen) atoms. The summed E-state index contributed by atoms with van der Waals surface area (Å²) in [4.78, 5) is 0. The summed E-state index contributed by atoms with van der Waals surface area (Å²) < 4.78 is 16.4. The predicted octanol–water partition coefficient (Wildman–Crippen LogP) is 2.90. The van der Waals surface area contributed by atoms with Gasteiger partial charge in [-0.2, -0.15) is 0 Å². The number of allylic oxidation sites excluding steroid dienone is 1. The van der Waals surface area contributed by atoms with Gasteiger partial charge in [0.2, 0.25) is 6.79 Å². The molecule has 1 atom stereocenters. The summed E-state index contributed by atoms with van der Waals surface area (Å²) in [6.07, 6.45) is 7.97. The Balaban J connectivity index is 1.74. The van der Waals surface area contributed by atoms with Crippen LogP contribution in [0.2, 0.25) is 0 Å². The van der Waals surface area contributed by atoms with Crippen molar-refractivity contribution in [3.63, 3.8) is 0 Å². The molecule has 2 aliphatic rings. The van der Waals surface area contributed by atoms with Crippen LogP contribution in [0.1, 0.15) is 19.3 Å². The number of rotatable bonds is 2. The van der Waals surface area contributed by atoms with E-state index in [1.807, 2.05) is 18.2 Å². The lowest BCUT2D eigenvalue weighted by molar-refractivity contribution is 0.173. The summed E-state index contributed by atoms with van der Waals surface area (Å²) in [5.74, 6) is 2.42. The van der Waals surface area contributed by atoms with Crippen molar-refractivity contribution < 1.29 is 14.2 Å². The Hall–Kier alpha value is -1.64. The highest BCUT2D eigenvalue weighted by atomic mass is 16.7. The van der Waals surface area contributed by atoms with Crippen LogP contribution in [0, 0.1) is 0 Å². The van der Waals surface area contributed by atoms with Crippen molar-refractivity contribution >= 4 is 0 Å². The van der Waals surface area contributed by atoms with Crippen LogP contribution in [0.25, 0.3) is 0 Å². The molecule has 1 aromatic rings. The zero-order valence-corrected chi connectivity index (χ0v) is 9.02. The molecule has 0 amide bonds. The molecule has 3 heteroatoms. The van der Waals surface area contributed by atoms with Crippen molar-refractivity contribution in [1.82, 2.24) is 0 Å². The van der Waals surface area contributed by atoms with Crippen LogP contribution in [0.3, 0.4) is 0 Å². The number of fused-ring (bicyclic) bond motifs is 1. The molecule has 0 bridgehead atoms. The van der Waals surface area contributed by atoms with Gasteiger partial charge in [-0.15, -0.1) is 0 Å². The lowest BCUT2D eigenvalue weighted by atomic mass is 10.1. The van der Waals surface area contributed by atoms with Gasteiger partial charge >= 0.3 is 0 Å².